The van der Waals surface area contributed by atoms with E-state index < -0.39 is 24.3 Å². The van der Waals surface area contributed by atoms with Gasteiger partial charge >= 0.3 is 6.09 Å². The van der Waals surface area contributed by atoms with Gasteiger partial charge in [0.2, 0.25) is 5.79 Å². The molecule has 1 unspecified atom stereocenters. The van der Waals surface area contributed by atoms with Crippen molar-refractivity contribution in [2.24, 2.45) is 0 Å². The third-order valence-corrected chi connectivity index (χ3v) is 6.08. The number of aliphatic hydroxyl groups is 1. The van der Waals surface area contributed by atoms with Gasteiger partial charge in [-0.2, -0.15) is 0 Å². The van der Waals surface area contributed by atoms with Crippen LogP contribution in [0.25, 0.3) is 0 Å². The molecule has 0 bridgehead atoms. The number of rotatable bonds is 15. The third-order valence-electron chi connectivity index (χ3n) is 6.08. The summed E-state index contributed by atoms with van der Waals surface area (Å²) in [6.45, 7) is 7.78. The molecule has 0 spiro atoms. The maximum atomic E-state index is 11.5. The molecule has 3 rings (SSSR count). The Morgan fingerprint density at radius 3 is 2.62 bits per heavy atom. The first-order valence-electron chi connectivity index (χ1n) is 12.9. The minimum Gasteiger partial charge on any atom is -0.465 e. The number of aliphatic hydroxyl groups excluding tert-OH is 1. The first-order valence-corrected chi connectivity index (χ1v) is 12.9. The van der Waals surface area contributed by atoms with E-state index in [1.807, 2.05) is 38.1 Å². The number of hydrogen-bond acceptors (Lipinski definition) is 7. The Labute approximate surface area is 219 Å². The van der Waals surface area contributed by atoms with E-state index in [4.69, 9.17) is 18.9 Å². The molecule has 9 nitrogen and oxygen atoms in total. The van der Waals surface area contributed by atoms with Crippen LogP contribution in [-0.2, 0) is 20.8 Å². The summed E-state index contributed by atoms with van der Waals surface area (Å²) in [7, 11) is 0. The molecule has 2 atom stereocenters. The van der Waals surface area contributed by atoms with Gasteiger partial charge in [0.15, 0.2) is 6.29 Å². The van der Waals surface area contributed by atoms with Crippen LogP contribution in [0.3, 0.4) is 0 Å². The molecular weight excluding hydrogens is 476 g/mol. The van der Waals surface area contributed by atoms with E-state index >= 15 is 0 Å². The highest BCUT2D eigenvalue weighted by Crippen LogP contribution is 2.32. The predicted molar refractivity (Wildman–Crippen MR) is 141 cm³/mol. The smallest absolute Gasteiger partial charge is 0.413 e. The highest BCUT2D eigenvalue weighted by molar-refractivity contribution is 5.85. The van der Waals surface area contributed by atoms with Gasteiger partial charge in [-0.25, -0.2) is 4.79 Å². The normalized spacial score (nSPS) is 15.9. The summed E-state index contributed by atoms with van der Waals surface area (Å²) >= 11 is 0. The molecule has 1 aliphatic heterocycles. The Morgan fingerprint density at radius 2 is 1.86 bits per heavy atom. The summed E-state index contributed by atoms with van der Waals surface area (Å²) < 4.78 is 22.7. The van der Waals surface area contributed by atoms with Gasteiger partial charge in [0.25, 0.3) is 0 Å². The number of unbranched alkanes of at least 4 members (excludes halogenated alkanes) is 3. The van der Waals surface area contributed by atoms with Crippen LogP contribution in [0.1, 0.15) is 63.7 Å². The van der Waals surface area contributed by atoms with Crippen LogP contribution in [0.5, 0.6) is 5.75 Å². The number of amides is 1. The van der Waals surface area contributed by atoms with Crippen molar-refractivity contribution in [1.29, 1.82) is 0 Å². The van der Waals surface area contributed by atoms with Crippen LogP contribution in [0, 0.1) is 0 Å². The topological polar surface area (TPSA) is 110 Å². The lowest BCUT2D eigenvalue weighted by molar-refractivity contribution is -0.180. The maximum absolute atomic E-state index is 11.5. The van der Waals surface area contributed by atoms with Crippen molar-refractivity contribution in [3.63, 3.8) is 0 Å². The Balaban J connectivity index is 1.21. The number of fused-ring (bicyclic) bond motifs is 1. The zero-order valence-corrected chi connectivity index (χ0v) is 22.0. The van der Waals surface area contributed by atoms with Crippen LogP contribution in [-0.4, -0.2) is 54.8 Å². The first kappa shape index (κ1) is 28.9. The molecule has 1 heterocycles. The molecule has 204 valence electrons. The van der Waals surface area contributed by atoms with Crippen LogP contribution in [0.15, 0.2) is 48.5 Å². The summed E-state index contributed by atoms with van der Waals surface area (Å²) in [5.41, 5.74) is 2.36. The fourth-order valence-corrected chi connectivity index (χ4v) is 3.95. The summed E-state index contributed by atoms with van der Waals surface area (Å²) in [4.78, 5) is 12.6. The molecule has 0 saturated carbocycles. The van der Waals surface area contributed by atoms with Gasteiger partial charge in [0.1, 0.15) is 12.5 Å². The molecule has 0 radical (unpaired) electrons. The monoisotopic (exact) mass is 516 g/mol. The van der Waals surface area contributed by atoms with Gasteiger partial charge in [-0.1, -0.05) is 37.1 Å². The van der Waals surface area contributed by atoms with Crippen LogP contribution < -0.4 is 15.0 Å². The van der Waals surface area contributed by atoms with Gasteiger partial charge in [-0.15, -0.1) is 0 Å². The first-order chi connectivity index (χ1) is 17.7. The van der Waals surface area contributed by atoms with Gasteiger partial charge < -0.3 is 34.5 Å². The van der Waals surface area contributed by atoms with Gasteiger partial charge in [0.05, 0.1) is 12.7 Å². The molecule has 0 aromatic heterocycles. The second kappa shape index (κ2) is 14.3. The van der Waals surface area contributed by atoms with Crippen molar-refractivity contribution in [2.45, 2.75) is 71.2 Å². The van der Waals surface area contributed by atoms with Crippen molar-refractivity contribution in [3.05, 3.63) is 59.7 Å². The van der Waals surface area contributed by atoms with E-state index in [1.165, 1.54) is 0 Å². The lowest BCUT2D eigenvalue weighted by Gasteiger charge is -2.33. The van der Waals surface area contributed by atoms with Gasteiger partial charge in [0, 0.05) is 38.2 Å². The summed E-state index contributed by atoms with van der Waals surface area (Å²) in [6.07, 6.45) is 1.80. The molecule has 3 N–H and O–H groups in total. The fraction of sp³-hybridized carbons (Fsp3) is 0.536. The highest BCUT2D eigenvalue weighted by Gasteiger charge is 2.27. The second-order valence-electron chi connectivity index (χ2n) is 9.57. The number of nitrogens with one attached hydrogen (secondary N) is 1. The van der Waals surface area contributed by atoms with Gasteiger partial charge in [-0.3, -0.25) is 4.90 Å². The van der Waals surface area contributed by atoms with Gasteiger partial charge in [-0.05, 0) is 56.1 Å². The molecule has 37 heavy (non-hydrogen) atoms. The van der Waals surface area contributed by atoms with Crippen LogP contribution >= 0.6 is 0 Å². The molecule has 2 aromatic rings. The Morgan fingerprint density at radius 1 is 1.11 bits per heavy atom. The van der Waals surface area contributed by atoms with Crippen LogP contribution in [0.2, 0.25) is 0 Å². The molecule has 0 saturated heterocycles. The van der Waals surface area contributed by atoms with Crippen molar-refractivity contribution in [2.75, 3.05) is 31.3 Å². The van der Waals surface area contributed by atoms with Crippen molar-refractivity contribution in [1.82, 2.24) is 5.32 Å². The highest BCUT2D eigenvalue weighted by atomic mass is 16.7. The lowest BCUT2D eigenvalue weighted by atomic mass is 10.0. The van der Waals surface area contributed by atoms with Crippen molar-refractivity contribution >= 4 is 11.8 Å². The summed E-state index contributed by atoms with van der Waals surface area (Å²) in [5, 5.41) is 23.2. The number of carbonyl (C=O) groups is 1. The molecular formula is C28H40N2O7. The number of nitrogens with zero attached hydrogens (tertiary/aromatic N) is 1. The van der Waals surface area contributed by atoms with E-state index in [9.17, 15) is 15.0 Å². The van der Waals surface area contributed by atoms with E-state index in [0.29, 0.717) is 25.4 Å². The zero-order valence-electron chi connectivity index (χ0n) is 22.0. The van der Waals surface area contributed by atoms with Crippen LogP contribution in [0.4, 0.5) is 10.5 Å². The lowest BCUT2D eigenvalue weighted by Crippen LogP contribution is -2.35. The Bertz CT molecular complexity index is 970. The number of hydrogen-bond donors (Lipinski definition) is 3. The number of anilines is 1. The minimum atomic E-state index is -1.07. The quantitative estimate of drug-likeness (QED) is 0.223. The molecule has 2 aromatic carbocycles. The fourth-order valence-electron chi connectivity index (χ4n) is 3.95. The Hall–Kier alpha value is -2.69. The number of benzene rings is 2. The number of carboxylic acid groups (broad SMARTS) is 1. The van der Waals surface area contributed by atoms with E-state index in [0.717, 1.165) is 54.0 Å². The summed E-state index contributed by atoms with van der Waals surface area (Å²) in [6, 6.07) is 14.6. The van der Waals surface area contributed by atoms with E-state index in [1.54, 1.807) is 31.2 Å². The average Bonchev–Trinajstić information content (AvgIpc) is 2.87. The second-order valence-corrected chi connectivity index (χ2v) is 9.57. The Kier molecular flexibility index (Phi) is 11.2. The molecule has 1 amide bonds. The molecule has 0 fully saturated rings. The molecule has 0 aliphatic carbocycles. The largest absolute Gasteiger partial charge is 0.465 e. The van der Waals surface area contributed by atoms with Crippen molar-refractivity contribution < 1.29 is 34.0 Å². The third kappa shape index (κ3) is 9.60. The summed E-state index contributed by atoms with van der Waals surface area (Å²) in [5.74, 6) is 0.179. The predicted octanol–water partition coefficient (Wildman–Crippen LogP) is 5.04. The standard InChI is InChI=1S/C28H40N2O7/c1-21(35-20-30(27(32)33)24-11-7-6-8-12-24)34-16-10-5-4-9-15-29-18-25(31)22-13-14-26-23(17-22)19-36-28(2,3)37-26/h6-8,11-14,17,21,25,29,31H,4-5,9-10,15-16,18-20H2,1-3H3,(H,32,33)/t21?,25-/m0/s1. The zero-order chi connectivity index (χ0) is 26.7. The maximum Gasteiger partial charge on any atom is 0.413 e. The van der Waals surface area contributed by atoms with E-state index in [2.05, 4.69) is 5.32 Å². The minimum absolute atomic E-state index is 0.0940. The number of para-hydroxylation sites is 1. The molecule has 1 aliphatic rings. The SMILES string of the molecule is CC(OCCCCCCNC[C@H](O)c1ccc2c(c1)COC(C)(C)O2)OCN(C(=O)O)c1ccccc1. The number of ether oxygens (including phenoxy) is 4. The van der Waals surface area contributed by atoms with E-state index in [-0.39, 0.29) is 6.73 Å². The van der Waals surface area contributed by atoms with Crippen molar-refractivity contribution in [3.8, 4) is 5.75 Å². The molecule has 9 heteroatoms. The average molecular weight is 517 g/mol.